The Morgan fingerprint density at radius 2 is 1.85 bits per heavy atom. The largest absolute Gasteiger partial charge is 0.478 e. The number of hydrogen-bond acceptors (Lipinski definition) is 8. The van der Waals surface area contributed by atoms with Crippen LogP contribution in [0.5, 0.6) is 0 Å². The van der Waals surface area contributed by atoms with E-state index in [1.807, 2.05) is 13.8 Å². The molecule has 0 radical (unpaired) electrons. The molecule has 1 aromatic carbocycles. The molecule has 0 fully saturated rings. The third-order valence-corrected chi connectivity index (χ3v) is 5.63. The van der Waals surface area contributed by atoms with Gasteiger partial charge in [0.15, 0.2) is 0 Å². The summed E-state index contributed by atoms with van der Waals surface area (Å²) >= 11 is 0. The standard InChI is InChI=1S/C24H29N3O6/c1-12(2)18(31-6)11-32-24(30)20-14(4)25-13(3)19(23(28)29)21(20)16-8-7-9-17(10-16)22-27-26-15(5)33-22/h7-10,12,18,21,25H,11H2,1-6H3,(H,28,29). The van der Waals surface area contributed by atoms with Gasteiger partial charge in [0.1, 0.15) is 6.61 Å². The Balaban J connectivity index is 2.04. The van der Waals surface area contributed by atoms with Crippen molar-refractivity contribution in [3.05, 3.63) is 58.3 Å². The van der Waals surface area contributed by atoms with Gasteiger partial charge in [0.2, 0.25) is 11.8 Å². The smallest absolute Gasteiger partial charge is 0.336 e. The maximum Gasteiger partial charge on any atom is 0.336 e. The number of aromatic nitrogens is 2. The number of ether oxygens (including phenoxy) is 2. The Bertz CT molecular complexity index is 1110. The lowest BCUT2D eigenvalue weighted by Gasteiger charge is -2.30. The Kier molecular flexibility index (Phi) is 7.33. The van der Waals surface area contributed by atoms with E-state index in [0.717, 1.165) is 0 Å². The lowest BCUT2D eigenvalue weighted by atomic mass is 9.80. The van der Waals surface area contributed by atoms with Crippen LogP contribution in [-0.4, -0.2) is 47.1 Å². The highest BCUT2D eigenvalue weighted by Gasteiger charge is 2.37. The minimum absolute atomic E-state index is 0.0584. The van der Waals surface area contributed by atoms with Crippen molar-refractivity contribution < 1.29 is 28.6 Å². The zero-order valence-corrected chi connectivity index (χ0v) is 19.6. The van der Waals surface area contributed by atoms with E-state index in [2.05, 4.69) is 15.5 Å². The van der Waals surface area contributed by atoms with Gasteiger partial charge in [-0.1, -0.05) is 26.0 Å². The van der Waals surface area contributed by atoms with Gasteiger partial charge in [-0.2, -0.15) is 0 Å². The molecule has 33 heavy (non-hydrogen) atoms. The molecule has 2 unspecified atom stereocenters. The zero-order valence-electron chi connectivity index (χ0n) is 19.6. The number of carbonyl (C=O) groups is 2. The van der Waals surface area contributed by atoms with Crippen LogP contribution in [0.15, 0.2) is 51.2 Å². The van der Waals surface area contributed by atoms with Crippen molar-refractivity contribution in [2.75, 3.05) is 13.7 Å². The van der Waals surface area contributed by atoms with Crippen LogP contribution in [0.25, 0.3) is 11.5 Å². The Morgan fingerprint density at radius 1 is 1.15 bits per heavy atom. The summed E-state index contributed by atoms with van der Waals surface area (Å²) in [5.41, 5.74) is 2.51. The maximum absolute atomic E-state index is 13.2. The van der Waals surface area contributed by atoms with Gasteiger partial charge >= 0.3 is 11.9 Å². The van der Waals surface area contributed by atoms with Crippen molar-refractivity contribution in [3.63, 3.8) is 0 Å². The summed E-state index contributed by atoms with van der Waals surface area (Å²) in [5.74, 6) is -1.70. The van der Waals surface area contributed by atoms with Crippen molar-refractivity contribution in [1.82, 2.24) is 15.5 Å². The number of methoxy groups -OCH3 is 1. The molecule has 2 atom stereocenters. The van der Waals surface area contributed by atoms with Gasteiger partial charge in [-0.15, -0.1) is 10.2 Å². The summed E-state index contributed by atoms with van der Waals surface area (Å²) in [6, 6.07) is 7.07. The monoisotopic (exact) mass is 455 g/mol. The van der Waals surface area contributed by atoms with Crippen LogP contribution in [0.2, 0.25) is 0 Å². The average Bonchev–Trinajstić information content (AvgIpc) is 3.19. The van der Waals surface area contributed by atoms with Crippen LogP contribution < -0.4 is 5.32 Å². The van der Waals surface area contributed by atoms with E-state index in [4.69, 9.17) is 13.9 Å². The van der Waals surface area contributed by atoms with Crippen LogP contribution in [0.4, 0.5) is 0 Å². The summed E-state index contributed by atoms with van der Waals surface area (Å²) in [7, 11) is 1.56. The minimum Gasteiger partial charge on any atom is -0.478 e. The van der Waals surface area contributed by atoms with Crippen molar-refractivity contribution in [1.29, 1.82) is 0 Å². The molecular weight excluding hydrogens is 426 g/mol. The number of benzene rings is 1. The lowest BCUT2D eigenvalue weighted by Crippen LogP contribution is -2.33. The molecule has 2 aromatic rings. The van der Waals surface area contributed by atoms with Gasteiger partial charge in [0.25, 0.3) is 0 Å². The second kappa shape index (κ2) is 9.99. The number of nitrogens with zero attached hydrogens (tertiary/aromatic N) is 2. The van der Waals surface area contributed by atoms with E-state index in [1.54, 1.807) is 52.1 Å². The molecule has 3 rings (SSSR count). The van der Waals surface area contributed by atoms with E-state index in [1.165, 1.54) is 0 Å². The Labute approximate surface area is 192 Å². The number of carboxylic acid groups (broad SMARTS) is 1. The van der Waals surface area contributed by atoms with E-state index < -0.39 is 17.9 Å². The van der Waals surface area contributed by atoms with Crippen LogP contribution >= 0.6 is 0 Å². The second-order valence-electron chi connectivity index (χ2n) is 8.31. The second-order valence-corrected chi connectivity index (χ2v) is 8.31. The highest BCUT2D eigenvalue weighted by atomic mass is 16.6. The molecule has 9 nitrogen and oxygen atoms in total. The summed E-state index contributed by atoms with van der Waals surface area (Å²) in [4.78, 5) is 25.5. The molecule has 0 bridgehead atoms. The van der Waals surface area contributed by atoms with E-state index >= 15 is 0 Å². The number of rotatable bonds is 8. The van der Waals surface area contributed by atoms with Gasteiger partial charge in [-0.25, -0.2) is 9.59 Å². The number of aryl methyl sites for hydroxylation is 1. The molecule has 0 saturated carbocycles. The third kappa shape index (κ3) is 5.14. The highest BCUT2D eigenvalue weighted by molar-refractivity contribution is 5.99. The number of nitrogens with one attached hydrogen (secondary N) is 1. The Hall–Kier alpha value is -3.46. The van der Waals surface area contributed by atoms with Crippen molar-refractivity contribution in [3.8, 4) is 11.5 Å². The summed E-state index contributed by atoms with van der Waals surface area (Å²) in [5, 5.41) is 20.9. The minimum atomic E-state index is -1.13. The number of dihydropyridines is 1. The number of hydrogen-bond donors (Lipinski definition) is 2. The van der Waals surface area contributed by atoms with E-state index in [9.17, 15) is 14.7 Å². The predicted octanol–water partition coefficient (Wildman–Crippen LogP) is 3.58. The number of esters is 1. The van der Waals surface area contributed by atoms with Crippen LogP contribution in [0, 0.1) is 12.8 Å². The van der Waals surface area contributed by atoms with Crippen molar-refractivity contribution in [2.24, 2.45) is 5.92 Å². The van der Waals surface area contributed by atoms with Gasteiger partial charge in [-0.05, 0) is 37.5 Å². The molecule has 0 spiro atoms. The van der Waals surface area contributed by atoms with Crippen LogP contribution in [-0.2, 0) is 19.1 Å². The molecule has 1 aliphatic heterocycles. The Morgan fingerprint density at radius 3 is 2.42 bits per heavy atom. The van der Waals surface area contributed by atoms with Crippen molar-refractivity contribution >= 4 is 11.9 Å². The normalized spacial score (nSPS) is 17.2. The first kappa shape index (κ1) is 24.2. The number of carbonyl (C=O) groups excluding carboxylic acids is 1. The third-order valence-electron chi connectivity index (χ3n) is 5.63. The molecule has 176 valence electrons. The topological polar surface area (TPSA) is 124 Å². The average molecular weight is 456 g/mol. The van der Waals surface area contributed by atoms with Crippen LogP contribution in [0.3, 0.4) is 0 Å². The predicted molar refractivity (Wildman–Crippen MR) is 120 cm³/mol. The molecular formula is C24H29N3O6. The molecule has 0 aliphatic carbocycles. The zero-order chi connectivity index (χ0) is 24.3. The van der Waals surface area contributed by atoms with Gasteiger partial charge < -0.3 is 24.3 Å². The number of aliphatic carboxylic acids is 1. The van der Waals surface area contributed by atoms with E-state index in [0.29, 0.717) is 34.3 Å². The van der Waals surface area contributed by atoms with Gasteiger partial charge in [0, 0.05) is 31.0 Å². The lowest BCUT2D eigenvalue weighted by molar-refractivity contribution is -0.144. The summed E-state index contributed by atoms with van der Waals surface area (Å²) in [6.45, 7) is 9.09. The quantitative estimate of drug-likeness (QED) is 0.575. The fourth-order valence-corrected chi connectivity index (χ4v) is 3.91. The van der Waals surface area contributed by atoms with Crippen LogP contribution in [0.1, 0.15) is 45.1 Å². The molecule has 0 amide bonds. The molecule has 0 saturated heterocycles. The van der Waals surface area contributed by atoms with Crippen molar-refractivity contribution in [2.45, 2.75) is 46.6 Å². The fourth-order valence-electron chi connectivity index (χ4n) is 3.91. The first-order valence-corrected chi connectivity index (χ1v) is 10.7. The molecule has 1 aliphatic rings. The molecule has 9 heteroatoms. The van der Waals surface area contributed by atoms with E-state index in [-0.39, 0.29) is 29.8 Å². The van der Waals surface area contributed by atoms with Gasteiger partial charge in [0.05, 0.1) is 23.2 Å². The SMILES string of the molecule is COC(COC(=O)C1=C(C)NC(C)=C(C(=O)O)C1c1cccc(-c2nnc(C)o2)c1)C(C)C. The molecule has 1 aromatic heterocycles. The maximum atomic E-state index is 13.2. The molecule has 2 heterocycles. The summed E-state index contributed by atoms with van der Waals surface area (Å²) < 4.78 is 16.5. The summed E-state index contributed by atoms with van der Waals surface area (Å²) in [6.07, 6.45) is -0.273. The number of carboxylic acids is 1. The fraction of sp³-hybridized carbons (Fsp3) is 0.417. The first-order chi connectivity index (χ1) is 15.6. The molecule has 2 N–H and O–H groups in total. The van der Waals surface area contributed by atoms with Gasteiger partial charge in [-0.3, -0.25) is 0 Å². The number of allylic oxidation sites excluding steroid dienone is 2. The highest BCUT2D eigenvalue weighted by Crippen LogP contribution is 2.39. The first-order valence-electron chi connectivity index (χ1n) is 10.7.